The minimum Gasteiger partial charge on any atom is -0.512 e. The van der Waals surface area contributed by atoms with Crippen molar-refractivity contribution in [1.29, 1.82) is 0 Å². The second kappa shape index (κ2) is 6.17. The maximum atomic E-state index is 11.4. The molecule has 8 nitrogen and oxygen atoms in total. The number of aromatic hydroxyl groups is 1. The molecule has 2 heterocycles. The van der Waals surface area contributed by atoms with E-state index in [1.165, 1.54) is 4.68 Å². The Labute approximate surface area is 154 Å². The zero-order valence-electron chi connectivity index (χ0n) is 14.5. The third-order valence-corrected chi connectivity index (χ3v) is 4.39. The summed E-state index contributed by atoms with van der Waals surface area (Å²) in [6, 6.07) is 4.90. The number of aryl methyl sites for hydroxylation is 1. The van der Waals surface area contributed by atoms with Crippen LogP contribution < -0.4 is 5.73 Å². The summed E-state index contributed by atoms with van der Waals surface area (Å²) in [6.45, 7) is 0. The van der Waals surface area contributed by atoms with E-state index in [1.807, 2.05) is 0 Å². The maximum Gasteiger partial charge on any atom is 0.248 e. The number of hydrogen-bond donors (Lipinski definition) is 4. The first kappa shape index (κ1) is 16.6. The minimum absolute atomic E-state index is 0.0407. The Bertz CT molecular complexity index is 1160. The third-order valence-electron chi connectivity index (χ3n) is 4.39. The Morgan fingerprint density at radius 3 is 2.81 bits per heavy atom. The van der Waals surface area contributed by atoms with Crippen molar-refractivity contribution in [3.05, 3.63) is 59.5 Å². The fourth-order valence-corrected chi connectivity index (χ4v) is 3.08. The van der Waals surface area contributed by atoms with Crippen LogP contribution in [0.2, 0.25) is 0 Å². The maximum absolute atomic E-state index is 11.4. The van der Waals surface area contributed by atoms with Crippen LogP contribution in [0.3, 0.4) is 0 Å². The van der Waals surface area contributed by atoms with Crippen LogP contribution in [0.4, 0.5) is 0 Å². The van der Waals surface area contributed by atoms with E-state index in [0.717, 1.165) is 0 Å². The molecule has 5 N–H and O–H groups in total. The van der Waals surface area contributed by atoms with Gasteiger partial charge in [0.2, 0.25) is 5.91 Å². The van der Waals surface area contributed by atoms with E-state index in [0.29, 0.717) is 39.4 Å². The number of benzene rings is 1. The molecule has 1 aliphatic carbocycles. The first-order valence-electron chi connectivity index (χ1n) is 8.25. The molecule has 0 bridgehead atoms. The van der Waals surface area contributed by atoms with Gasteiger partial charge in [0.15, 0.2) is 11.6 Å². The van der Waals surface area contributed by atoms with Crippen molar-refractivity contribution in [2.75, 3.05) is 0 Å². The van der Waals surface area contributed by atoms with E-state index in [-0.39, 0.29) is 17.9 Å². The highest BCUT2D eigenvalue weighted by Gasteiger charge is 2.23. The SMILES string of the molecule is Cn1nc(C2=CC=CC=C(O)C2)c(O)c1-c1nc2ccc(C(N)=O)cc2[nH]1. The number of nitrogens with zero attached hydrogens (tertiary/aromatic N) is 3. The number of aliphatic hydroxyl groups excluding tert-OH is 1. The number of nitrogens with one attached hydrogen (secondary N) is 1. The lowest BCUT2D eigenvalue weighted by Gasteiger charge is -2.02. The van der Waals surface area contributed by atoms with E-state index in [2.05, 4.69) is 15.1 Å². The van der Waals surface area contributed by atoms with Crippen molar-refractivity contribution >= 4 is 22.5 Å². The molecule has 0 unspecified atom stereocenters. The van der Waals surface area contributed by atoms with Gasteiger partial charge in [-0.25, -0.2) is 4.98 Å². The van der Waals surface area contributed by atoms with Gasteiger partial charge in [0.1, 0.15) is 11.4 Å². The Hall–Kier alpha value is -3.81. The van der Waals surface area contributed by atoms with Crippen LogP contribution in [-0.2, 0) is 7.05 Å². The molecule has 0 radical (unpaired) electrons. The van der Waals surface area contributed by atoms with E-state index >= 15 is 0 Å². The number of rotatable bonds is 3. The number of imidazole rings is 1. The number of carbonyl (C=O) groups is 1. The molecule has 27 heavy (non-hydrogen) atoms. The summed E-state index contributed by atoms with van der Waals surface area (Å²) in [4.78, 5) is 18.9. The Morgan fingerprint density at radius 1 is 1.26 bits per heavy atom. The van der Waals surface area contributed by atoms with Crippen molar-refractivity contribution in [2.24, 2.45) is 12.8 Å². The summed E-state index contributed by atoms with van der Waals surface area (Å²) in [5.74, 6) is 0.0279. The molecule has 0 saturated carbocycles. The number of aliphatic hydroxyl groups is 1. The molecule has 136 valence electrons. The highest BCUT2D eigenvalue weighted by molar-refractivity contribution is 5.96. The number of primary amides is 1. The Morgan fingerprint density at radius 2 is 2.04 bits per heavy atom. The number of aromatic nitrogens is 4. The fraction of sp³-hybridized carbons (Fsp3) is 0.105. The lowest BCUT2D eigenvalue weighted by atomic mass is 10.1. The molecule has 0 atom stereocenters. The van der Waals surface area contributed by atoms with Crippen LogP contribution in [0.1, 0.15) is 22.5 Å². The molecule has 3 aromatic rings. The molecule has 1 aliphatic rings. The largest absolute Gasteiger partial charge is 0.512 e. The number of H-pyrrole nitrogens is 1. The highest BCUT2D eigenvalue weighted by atomic mass is 16.3. The van der Waals surface area contributed by atoms with Gasteiger partial charge < -0.3 is 20.9 Å². The molecule has 0 aliphatic heterocycles. The van der Waals surface area contributed by atoms with Crippen LogP contribution in [0.5, 0.6) is 5.75 Å². The summed E-state index contributed by atoms with van der Waals surface area (Å²) in [7, 11) is 1.70. The summed E-state index contributed by atoms with van der Waals surface area (Å²) in [6.07, 6.45) is 7.15. The molecular formula is C19H17N5O3. The smallest absolute Gasteiger partial charge is 0.248 e. The summed E-state index contributed by atoms with van der Waals surface area (Å²) < 4.78 is 1.52. The molecule has 0 spiro atoms. The van der Waals surface area contributed by atoms with Gasteiger partial charge in [-0.2, -0.15) is 5.10 Å². The van der Waals surface area contributed by atoms with Gasteiger partial charge in [-0.15, -0.1) is 0 Å². The van der Waals surface area contributed by atoms with Gasteiger partial charge in [-0.1, -0.05) is 18.2 Å². The second-order valence-electron chi connectivity index (χ2n) is 6.26. The molecule has 0 saturated heterocycles. The zero-order chi connectivity index (χ0) is 19.1. The average Bonchev–Trinajstić information content (AvgIpc) is 3.08. The Balaban J connectivity index is 1.81. The van der Waals surface area contributed by atoms with Crippen molar-refractivity contribution in [3.8, 4) is 17.3 Å². The molecule has 1 amide bonds. The molecule has 8 heteroatoms. The van der Waals surface area contributed by atoms with Crippen LogP contribution >= 0.6 is 0 Å². The van der Waals surface area contributed by atoms with Gasteiger partial charge in [-0.05, 0) is 29.8 Å². The van der Waals surface area contributed by atoms with E-state index < -0.39 is 5.91 Å². The van der Waals surface area contributed by atoms with Gasteiger partial charge in [0, 0.05) is 19.0 Å². The normalized spacial score (nSPS) is 14.1. The molecule has 0 fully saturated rings. The van der Waals surface area contributed by atoms with Crippen molar-refractivity contribution in [2.45, 2.75) is 6.42 Å². The second-order valence-corrected chi connectivity index (χ2v) is 6.26. The monoisotopic (exact) mass is 363 g/mol. The van der Waals surface area contributed by atoms with Crippen molar-refractivity contribution in [1.82, 2.24) is 19.7 Å². The van der Waals surface area contributed by atoms with Crippen LogP contribution in [-0.4, -0.2) is 35.9 Å². The van der Waals surface area contributed by atoms with Crippen LogP contribution in [0.25, 0.3) is 28.1 Å². The van der Waals surface area contributed by atoms with Crippen LogP contribution in [0.15, 0.2) is 48.3 Å². The van der Waals surface area contributed by atoms with E-state index in [9.17, 15) is 15.0 Å². The standard InChI is InChI=1S/C19H17N5O3/c1-24-16(17(26)15(23-24)10-4-2-3-5-12(25)8-10)19-21-13-7-6-11(18(20)27)9-14(13)22-19/h2-7,9,25-26H,8H2,1H3,(H2,20,27)(H,21,22). The number of hydrogen-bond acceptors (Lipinski definition) is 5. The number of amides is 1. The number of fused-ring (bicyclic) bond motifs is 1. The number of allylic oxidation sites excluding steroid dienone is 5. The van der Waals surface area contributed by atoms with Gasteiger partial charge >= 0.3 is 0 Å². The fourth-order valence-electron chi connectivity index (χ4n) is 3.08. The lowest BCUT2D eigenvalue weighted by molar-refractivity contribution is 0.100. The average molecular weight is 363 g/mol. The highest BCUT2D eigenvalue weighted by Crippen LogP contribution is 2.37. The van der Waals surface area contributed by atoms with Crippen molar-refractivity contribution < 1.29 is 15.0 Å². The van der Waals surface area contributed by atoms with Gasteiger partial charge in [0.25, 0.3) is 0 Å². The number of nitrogens with two attached hydrogens (primary N) is 1. The number of aromatic amines is 1. The number of carbonyl (C=O) groups excluding carboxylic acids is 1. The quantitative estimate of drug-likeness (QED) is 0.568. The van der Waals surface area contributed by atoms with Gasteiger partial charge in [-0.3, -0.25) is 9.48 Å². The summed E-state index contributed by atoms with van der Waals surface area (Å²) in [5, 5.41) is 25.0. The summed E-state index contributed by atoms with van der Waals surface area (Å²) in [5.41, 5.74) is 8.40. The summed E-state index contributed by atoms with van der Waals surface area (Å²) >= 11 is 0. The van der Waals surface area contributed by atoms with Crippen LogP contribution in [0, 0.1) is 0 Å². The molecular weight excluding hydrogens is 346 g/mol. The predicted molar refractivity (Wildman–Crippen MR) is 101 cm³/mol. The lowest BCUT2D eigenvalue weighted by Crippen LogP contribution is -2.10. The third kappa shape index (κ3) is 2.86. The molecule has 4 rings (SSSR count). The van der Waals surface area contributed by atoms with Crippen molar-refractivity contribution in [3.63, 3.8) is 0 Å². The van der Waals surface area contributed by atoms with Gasteiger partial charge in [0.05, 0.1) is 16.8 Å². The van der Waals surface area contributed by atoms with E-state index in [4.69, 9.17) is 5.73 Å². The molecule has 1 aromatic carbocycles. The predicted octanol–water partition coefficient (Wildman–Crippen LogP) is 2.55. The zero-order valence-corrected chi connectivity index (χ0v) is 14.5. The Kier molecular flexibility index (Phi) is 3.80. The topological polar surface area (TPSA) is 130 Å². The minimum atomic E-state index is -0.528. The molecule has 2 aromatic heterocycles. The first-order valence-corrected chi connectivity index (χ1v) is 8.25. The first-order chi connectivity index (χ1) is 12.9. The van der Waals surface area contributed by atoms with E-state index in [1.54, 1.807) is 49.6 Å².